The first-order chi connectivity index (χ1) is 9.13. The molecule has 0 spiro atoms. The first kappa shape index (κ1) is 14.5. The number of carboxylic acids is 1. The summed E-state index contributed by atoms with van der Waals surface area (Å²) in [5.41, 5.74) is 0. The number of hydrogen-bond acceptors (Lipinski definition) is 7. The molecule has 106 valence electrons. The van der Waals surface area contributed by atoms with E-state index in [4.69, 9.17) is 5.11 Å². The summed E-state index contributed by atoms with van der Waals surface area (Å²) in [4.78, 5) is 12.9. The molecule has 1 saturated heterocycles. The summed E-state index contributed by atoms with van der Waals surface area (Å²) in [6.45, 7) is 5.50. The molecule has 0 aromatic carbocycles. The van der Waals surface area contributed by atoms with Gasteiger partial charge in [-0.05, 0) is 32.9 Å². The van der Waals surface area contributed by atoms with E-state index < -0.39 is 5.97 Å². The van der Waals surface area contributed by atoms with Crippen LogP contribution in [0.5, 0.6) is 0 Å². The second-order valence-corrected chi connectivity index (χ2v) is 6.81. The molecule has 2 N–H and O–H groups in total. The van der Waals surface area contributed by atoms with Crippen molar-refractivity contribution in [1.29, 1.82) is 0 Å². The fourth-order valence-electron chi connectivity index (χ4n) is 2.06. The van der Waals surface area contributed by atoms with Crippen molar-refractivity contribution in [3.63, 3.8) is 0 Å². The van der Waals surface area contributed by atoms with Gasteiger partial charge in [0.2, 0.25) is 5.13 Å². The summed E-state index contributed by atoms with van der Waals surface area (Å²) in [5.74, 6) is -0.810. The number of nitrogens with one attached hydrogen (secondary N) is 1. The van der Waals surface area contributed by atoms with Gasteiger partial charge in [0.1, 0.15) is 0 Å². The Labute approximate surface area is 120 Å². The fraction of sp³-hybridized carbons (Fsp3) is 0.727. The number of aliphatic carboxylic acids is 1. The van der Waals surface area contributed by atoms with E-state index >= 15 is 0 Å². The van der Waals surface area contributed by atoms with Crippen LogP contribution in [0.1, 0.15) is 19.8 Å². The average Bonchev–Trinajstić information content (AvgIpc) is 2.98. The molecule has 2 rings (SSSR count). The molecule has 1 fully saturated rings. The van der Waals surface area contributed by atoms with E-state index in [9.17, 15) is 4.79 Å². The molecule has 1 aromatic heterocycles. The van der Waals surface area contributed by atoms with Crippen molar-refractivity contribution >= 4 is 34.2 Å². The highest BCUT2D eigenvalue weighted by Gasteiger charge is 2.15. The van der Waals surface area contributed by atoms with E-state index in [2.05, 4.69) is 27.3 Å². The monoisotopic (exact) mass is 302 g/mol. The van der Waals surface area contributed by atoms with Crippen molar-refractivity contribution in [1.82, 2.24) is 15.1 Å². The third-order valence-electron chi connectivity index (χ3n) is 2.83. The highest BCUT2D eigenvalue weighted by molar-refractivity contribution is 8.01. The molecule has 0 saturated carbocycles. The largest absolute Gasteiger partial charge is 0.481 e. The number of carbonyl (C=O) groups is 1. The molecular formula is C11H18N4O2S2. The molecule has 1 unspecified atom stereocenters. The molecule has 0 aliphatic carbocycles. The quantitative estimate of drug-likeness (QED) is 0.741. The number of aromatic nitrogens is 2. The van der Waals surface area contributed by atoms with Gasteiger partial charge in [-0.2, -0.15) is 0 Å². The minimum Gasteiger partial charge on any atom is -0.481 e. The maximum Gasteiger partial charge on any atom is 0.313 e. The molecule has 1 aliphatic rings. The van der Waals surface area contributed by atoms with Gasteiger partial charge in [-0.3, -0.25) is 4.79 Å². The van der Waals surface area contributed by atoms with Crippen molar-refractivity contribution in [2.75, 3.05) is 30.7 Å². The van der Waals surface area contributed by atoms with E-state index in [1.807, 2.05) is 0 Å². The number of anilines is 1. The Morgan fingerprint density at radius 2 is 2.26 bits per heavy atom. The maximum absolute atomic E-state index is 10.5. The van der Waals surface area contributed by atoms with Crippen molar-refractivity contribution in [3.8, 4) is 0 Å². The van der Waals surface area contributed by atoms with Crippen LogP contribution in [0.2, 0.25) is 0 Å². The van der Waals surface area contributed by atoms with Crippen LogP contribution >= 0.6 is 23.1 Å². The summed E-state index contributed by atoms with van der Waals surface area (Å²) >= 11 is 2.61. The van der Waals surface area contributed by atoms with Gasteiger partial charge in [0.05, 0.1) is 5.75 Å². The van der Waals surface area contributed by atoms with Gasteiger partial charge in [-0.15, -0.1) is 10.2 Å². The predicted molar refractivity (Wildman–Crippen MR) is 77.0 cm³/mol. The standard InChI is InChI=1S/C11H18N4O2S2/c1-8(6-15-4-2-3-5-15)12-10-13-14-11(19-10)18-7-9(16)17/h8H,2-7H2,1H3,(H,12,13)(H,16,17). The van der Waals surface area contributed by atoms with E-state index in [1.54, 1.807) is 0 Å². The van der Waals surface area contributed by atoms with Crippen LogP contribution in [-0.2, 0) is 4.79 Å². The van der Waals surface area contributed by atoms with Gasteiger partial charge >= 0.3 is 5.97 Å². The molecule has 0 bridgehead atoms. The zero-order chi connectivity index (χ0) is 13.7. The van der Waals surface area contributed by atoms with Crippen LogP contribution in [0.15, 0.2) is 4.34 Å². The second-order valence-electron chi connectivity index (χ2n) is 4.61. The zero-order valence-electron chi connectivity index (χ0n) is 10.8. The molecular weight excluding hydrogens is 284 g/mol. The Balaban J connectivity index is 1.76. The fourth-order valence-corrected chi connectivity index (χ4v) is 3.64. The van der Waals surface area contributed by atoms with E-state index in [1.165, 1.54) is 49.0 Å². The number of nitrogens with zero attached hydrogens (tertiary/aromatic N) is 3. The number of hydrogen-bond donors (Lipinski definition) is 2. The lowest BCUT2D eigenvalue weighted by Crippen LogP contribution is -2.32. The zero-order valence-corrected chi connectivity index (χ0v) is 12.5. The average molecular weight is 302 g/mol. The molecule has 1 aromatic rings. The van der Waals surface area contributed by atoms with Gasteiger partial charge in [0.15, 0.2) is 4.34 Å². The van der Waals surface area contributed by atoms with E-state index in [0.717, 1.165) is 11.7 Å². The van der Waals surface area contributed by atoms with E-state index in [-0.39, 0.29) is 5.75 Å². The van der Waals surface area contributed by atoms with Crippen LogP contribution in [0.3, 0.4) is 0 Å². The van der Waals surface area contributed by atoms with Crippen LogP contribution in [-0.4, -0.2) is 57.6 Å². The van der Waals surface area contributed by atoms with Crippen molar-refractivity contribution in [2.45, 2.75) is 30.1 Å². The normalized spacial score (nSPS) is 17.5. The summed E-state index contributed by atoms with van der Waals surface area (Å²) in [7, 11) is 0. The molecule has 8 heteroatoms. The van der Waals surface area contributed by atoms with E-state index in [0.29, 0.717) is 10.4 Å². The molecule has 6 nitrogen and oxygen atoms in total. The number of likely N-dealkylation sites (tertiary alicyclic amines) is 1. The lowest BCUT2D eigenvalue weighted by molar-refractivity contribution is -0.133. The first-order valence-corrected chi connectivity index (χ1v) is 8.10. The van der Waals surface area contributed by atoms with Gasteiger partial charge in [0.25, 0.3) is 0 Å². The Bertz CT molecular complexity index is 421. The van der Waals surface area contributed by atoms with Crippen molar-refractivity contribution < 1.29 is 9.90 Å². The van der Waals surface area contributed by atoms with Crippen molar-refractivity contribution in [3.05, 3.63) is 0 Å². The topological polar surface area (TPSA) is 78.3 Å². The Morgan fingerprint density at radius 1 is 1.53 bits per heavy atom. The van der Waals surface area contributed by atoms with Crippen LogP contribution in [0, 0.1) is 0 Å². The molecule has 2 heterocycles. The summed E-state index contributed by atoms with van der Waals surface area (Å²) in [5, 5.41) is 20.7. The highest BCUT2D eigenvalue weighted by atomic mass is 32.2. The lowest BCUT2D eigenvalue weighted by atomic mass is 10.3. The third-order valence-corrected chi connectivity index (χ3v) is 4.80. The van der Waals surface area contributed by atoms with Crippen molar-refractivity contribution in [2.24, 2.45) is 0 Å². The molecule has 1 atom stereocenters. The predicted octanol–water partition coefficient (Wildman–Crippen LogP) is 1.61. The Hall–Kier alpha value is -0.860. The maximum atomic E-state index is 10.5. The highest BCUT2D eigenvalue weighted by Crippen LogP contribution is 2.25. The molecule has 1 aliphatic heterocycles. The number of thioether (sulfide) groups is 1. The first-order valence-electron chi connectivity index (χ1n) is 6.30. The van der Waals surface area contributed by atoms with Crippen LogP contribution < -0.4 is 5.32 Å². The smallest absolute Gasteiger partial charge is 0.313 e. The number of rotatable bonds is 7. The summed E-state index contributed by atoms with van der Waals surface area (Å²) in [6, 6.07) is 0.323. The SMILES string of the molecule is CC(CN1CCCC1)Nc1nnc(SCC(=O)O)s1. The molecule has 19 heavy (non-hydrogen) atoms. The van der Waals surface area contributed by atoms with Gasteiger partial charge in [0, 0.05) is 12.6 Å². The van der Waals surface area contributed by atoms with Crippen LogP contribution in [0.25, 0.3) is 0 Å². The lowest BCUT2D eigenvalue weighted by Gasteiger charge is -2.20. The minimum absolute atomic E-state index is 0.0258. The molecule has 0 radical (unpaired) electrons. The molecule has 0 amide bonds. The number of carboxylic acid groups (broad SMARTS) is 1. The van der Waals surface area contributed by atoms with Gasteiger partial charge in [-0.1, -0.05) is 23.1 Å². The minimum atomic E-state index is -0.836. The second kappa shape index (κ2) is 7.06. The summed E-state index contributed by atoms with van der Waals surface area (Å²) in [6.07, 6.45) is 2.59. The Morgan fingerprint density at radius 3 is 2.95 bits per heavy atom. The third kappa shape index (κ3) is 4.96. The summed E-state index contributed by atoms with van der Waals surface area (Å²) < 4.78 is 0.693. The van der Waals surface area contributed by atoms with Crippen LogP contribution in [0.4, 0.5) is 5.13 Å². The van der Waals surface area contributed by atoms with Gasteiger partial charge in [-0.25, -0.2) is 0 Å². The van der Waals surface area contributed by atoms with Gasteiger partial charge < -0.3 is 15.3 Å². The Kier molecular flexibility index (Phi) is 5.41.